The maximum atomic E-state index is 6.07. The Morgan fingerprint density at radius 3 is 2.81 bits per heavy atom. The van der Waals surface area contributed by atoms with E-state index in [1.807, 2.05) is 6.92 Å². The predicted octanol–water partition coefficient (Wildman–Crippen LogP) is 4.08. The van der Waals surface area contributed by atoms with Crippen LogP contribution in [0.2, 0.25) is 0 Å². The third kappa shape index (κ3) is 7.95. The molecule has 27 heavy (non-hydrogen) atoms. The normalized spacial score (nSPS) is 17.6. The predicted molar refractivity (Wildman–Crippen MR) is 123 cm³/mol. The zero-order valence-electron chi connectivity index (χ0n) is 17.3. The van der Waals surface area contributed by atoms with Crippen molar-refractivity contribution in [1.29, 1.82) is 0 Å². The molecule has 0 amide bonds. The van der Waals surface area contributed by atoms with Gasteiger partial charge in [-0.25, -0.2) is 0 Å². The molecule has 0 saturated carbocycles. The lowest BCUT2D eigenvalue weighted by atomic mass is 10.00. The fraction of sp³-hybridized carbons (Fsp3) is 0.667. The van der Waals surface area contributed by atoms with Gasteiger partial charge in [-0.1, -0.05) is 23.8 Å². The number of aryl methyl sites for hydroxylation is 2. The highest BCUT2D eigenvalue weighted by Gasteiger charge is 2.25. The number of benzene rings is 1. The van der Waals surface area contributed by atoms with Gasteiger partial charge in [0.2, 0.25) is 0 Å². The van der Waals surface area contributed by atoms with E-state index in [-0.39, 0.29) is 30.1 Å². The zero-order chi connectivity index (χ0) is 18.8. The lowest BCUT2D eigenvalue weighted by molar-refractivity contribution is -0.00833. The van der Waals surface area contributed by atoms with Crippen molar-refractivity contribution in [3.63, 3.8) is 0 Å². The van der Waals surface area contributed by atoms with Crippen molar-refractivity contribution in [2.24, 2.45) is 4.99 Å². The van der Waals surface area contributed by atoms with Gasteiger partial charge in [-0.2, -0.15) is 0 Å². The zero-order valence-corrected chi connectivity index (χ0v) is 19.6. The highest BCUT2D eigenvalue weighted by molar-refractivity contribution is 14.0. The molecule has 1 unspecified atom stereocenters. The third-order valence-electron chi connectivity index (χ3n) is 4.64. The van der Waals surface area contributed by atoms with Crippen LogP contribution in [0.3, 0.4) is 0 Å². The van der Waals surface area contributed by atoms with Crippen LogP contribution in [0, 0.1) is 13.8 Å². The van der Waals surface area contributed by atoms with Crippen LogP contribution in [0.1, 0.15) is 49.5 Å². The van der Waals surface area contributed by atoms with Crippen LogP contribution in [0.15, 0.2) is 23.2 Å². The first-order valence-electron chi connectivity index (χ1n) is 9.95. The van der Waals surface area contributed by atoms with Crippen LogP contribution in [0.4, 0.5) is 0 Å². The highest BCUT2D eigenvalue weighted by Crippen LogP contribution is 2.25. The summed E-state index contributed by atoms with van der Waals surface area (Å²) >= 11 is 0. The Bertz CT molecular complexity index is 581. The van der Waals surface area contributed by atoms with Crippen LogP contribution in [-0.2, 0) is 9.47 Å². The second kappa shape index (κ2) is 13.3. The van der Waals surface area contributed by atoms with Crippen molar-refractivity contribution in [3.05, 3.63) is 34.9 Å². The monoisotopic (exact) mass is 489 g/mol. The van der Waals surface area contributed by atoms with Gasteiger partial charge >= 0.3 is 0 Å². The second-order valence-corrected chi connectivity index (χ2v) is 6.81. The van der Waals surface area contributed by atoms with Crippen molar-refractivity contribution in [1.82, 2.24) is 10.2 Å². The van der Waals surface area contributed by atoms with Gasteiger partial charge in [0.15, 0.2) is 5.96 Å². The maximum absolute atomic E-state index is 6.07. The number of morpholine rings is 1. The lowest BCUT2D eigenvalue weighted by Crippen LogP contribution is -2.48. The van der Waals surface area contributed by atoms with E-state index in [2.05, 4.69) is 49.2 Å². The number of halogens is 1. The van der Waals surface area contributed by atoms with E-state index in [9.17, 15) is 0 Å². The summed E-state index contributed by atoms with van der Waals surface area (Å²) in [4.78, 5) is 7.15. The Balaban J connectivity index is 0.00000364. The number of nitrogens with one attached hydrogen (secondary N) is 1. The van der Waals surface area contributed by atoms with Crippen molar-refractivity contribution in [2.75, 3.05) is 46.0 Å². The van der Waals surface area contributed by atoms with E-state index in [1.54, 1.807) is 0 Å². The fourth-order valence-electron chi connectivity index (χ4n) is 3.29. The van der Waals surface area contributed by atoms with Crippen LogP contribution >= 0.6 is 24.0 Å². The third-order valence-corrected chi connectivity index (χ3v) is 4.64. The van der Waals surface area contributed by atoms with E-state index in [4.69, 9.17) is 14.5 Å². The number of hydrogen-bond acceptors (Lipinski definition) is 3. The summed E-state index contributed by atoms with van der Waals surface area (Å²) in [6, 6.07) is 6.61. The minimum Gasteiger partial charge on any atom is -0.382 e. The molecule has 5 nitrogen and oxygen atoms in total. The molecule has 1 aliphatic heterocycles. The largest absolute Gasteiger partial charge is 0.382 e. The van der Waals surface area contributed by atoms with Gasteiger partial charge < -0.3 is 19.7 Å². The highest BCUT2D eigenvalue weighted by atomic mass is 127. The summed E-state index contributed by atoms with van der Waals surface area (Å²) in [6.07, 6.45) is 2.22. The molecule has 0 bridgehead atoms. The van der Waals surface area contributed by atoms with Crippen molar-refractivity contribution >= 4 is 29.9 Å². The van der Waals surface area contributed by atoms with Crippen LogP contribution in [0.5, 0.6) is 0 Å². The van der Waals surface area contributed by atoms with E-state index < -0.39 is 0 Å². The summed E-state index contributed by atoms with van der Waals surface area (Å²) in [7, 11) is 0. The topological polar surface area (TPSA) is 46.1 Å². The van der Waals surface area contributed by atoms with Gasteiger partial charge in [-0.15, -0.1) is 24.0 Å². The van der Waals surface area contributed by atoms with Crippen LogP contribution in [-0.4, -0.2) is 56.9 Å². The van der Waals surface area contributed by atoms with Crippen LogP contribution in [0.25, 0.3) is 0 Å². The van der Waals surface area contributed by atoms with Crippen LogP contribution < -0.4 is 5.32 Å². The molecule has 1 aliphatic rings. The summed E-state index contributed by atoms with van der Waals surface area (Å²) in [5.41, 5.74) is 3.88. The number of aliphatic imine (C=N–C) groups is 1. The minimum absolute atomic E-state index is 0. The average molecular weight is 489 g/mol. The number of guanidine groups is 1. The van der Waals surface area contributed by atoms with E-state index >= 15 is 0 Å². The number of hydrogen-bond donors (Lipinski definition) is 1. The second-order valence-electron chi connectivity index (χ2n) is 6.81. The first kappa shape index (κ1) is 24.2. The Hall–Kier alpha value is -0.860. The van der Waals surface area contributed by atoms with Gasteiger partial charge in [-0.3, -0.25) is 4.99 Å². The Kier molecular flexibility index (Phi) is 11.9. The molecule has 1 N–H and O–H groups in total. The van der Waals surface area contributed by atoms with Gasteiger partial charge in [0, 0.05) is 32.8 Å². The first-order chi connectivity index (χ1) is 12.7. The molecule has 0 aromatic heterocycles. The standard InChI is InChI=1S/C21H35N3O2.HI/c1-5-22-21(23-11-7-8-13-25-6-2)24-12-14-26-20(16-24)19-10-9-17(3)15-18(19)4;/h9-10,15,20H,5-8,11-14,16H2,1-4H3,(H,22,23);1H. The Morgan fingerprint density at radius 1 is 1.30 bits per heavy atom. The molecule has 1 saturated heterocycles. The van der Waals surface area contributed by atoms with Gasteiger partial charge in [-0.05, 0) is 51.7 Å². The van der Waals surface area contributed by atoms with E-state index in [0.717, 1.165) is 64.8 Å². The summed E-state index contributed by atoms with van der Waals surface area (Å²) in [5, 5.41) is 3.44. The molecule has 1 aromatic rings. The molecule has 1 fully saturated rings. The molecular formula is C21H36IN3O2. The molecule has 1 heterocycles. The van der Waals surface area contributed by atoms with E-state index in [0.29, 0.717) is 0 Å². The molecule has 2 rings (SSSR count). The molecule has 1 atom stereocenters. The SMILES string of the molecule is CCNC(=NCCCCOCC)N1CCOC(c2ccc(C)cc2C)C1.I. The molecular weight excluding hydrogens is 453 g/mol. The number of rotatable bonds is 8. The van der Waals surface area contributed by atoms with E-state index in [1.165, 1.54) is 16.7 Å². The molecule has 0 aliphatic carbocycles. The summed E-state index contributed by atoms with van der Waals surface area (Å²) in [5.74, 6) is 1.00. The van der Waals surface area contributed by atoms with Gasteiger partial charge in [0.1, 0.15) is 6.10 Å². The molecule has 154 valence electrons. The number of unbranched alkanes of at least 4 members (excludes halogenated alkanes) is 1. The number of ether oxygens (including phenoxy) is 2. The molecule has 0 radical (unpaired) electrons. The Morgan fingerprint density at radius 2 is 2.11 bits per heavy atom. The first-order valence-corrected chi connectivity index (χ1v) is 9.95. The minimum atomic E-state index is 0. The lowest BCUT2D eigenvalue weighted by Gasteiger charge is -2.36. The Labute approximate surface area is 181 Å². The van der Waals surface area contributed by atoms with Crippen molar-refractivity contribution < 1.29 is 9.47 Å². The smallest absolute Gasteiger partial charge is 0.194 e. The molecule has 1 aromatic carbocycles. The molecule has 0 spiro atoms. The number of nitrogens with zero attached hydrogens (tertiary/aromatic N) is 2. The molecule has 6 heteroatoms. The summed E-state index contributed by atoms with van der Waals surface area (Å²) in [6.45, 7) is 14.2. The summed E-state index contributed by atoms with van der Waals surface area (Å²) < 4.78 is 11.5. The fourth-order valence-corrected chi connectivity index (χ4v) is 3.29. The van der Waals surface area contributed by atoms with Crippen molar-refractivity contribution in [2.45, 2.75) is 46.6 Å². The van der Waals surface area contributed by atoms with Gasteiger partial charge in [0.05, 0.1) is 13.2 Å². The maximum Gasteiger partial charge on any atom is 0.194 e. The average Bonchev–Trinajstić information content (AvgIpc) is 2.64. The van der Waals surface area contributed by atoms with Crippen molar-refractivity contribution in [3.8, 4) is 0 Å². The quantitative estimate of drug-likeness (QED) is 0.259. The van der Waals surface area contributed by atoms with Gasteiger partial charge in [0.25, 0.3) is 0 Å².